The molecule has 2 aliphatic rings. The SMILES string of the molecule is CC1=C(C)C(C)C2=C1[CH]([Ti]([CH3])([CH3])[CH3])CCC2. The molecule has 0 aromatic heterocycles. The molecule has 0 aliphatic heterocycles. The second-order valence-electron chi connectivity index (χ2n) is 6.78. The molecule has 1 heteroatoms. The molecule has 0 spiro atoms. The van der Waals surface area contributed by atoms with Crippen LogP contribution in [0.15, 0.2) is 22.3 Å². The van der Waals surface area contributed by atoms with Crippen LogP contribution in [-0.4, -0.2) is 0 Å². The predicted molar refractivity (Wildman–Crippen MR) is 69.8 cm³/mol. The van der Waals surface area contributed by atoms with Crippen LogP contribution in [0.3, 0.4) is 0 Å². The molecule has 0 heterocycles. The van der Waals surface area contributed by atoms with Gasteiger partial charge in [-0.2, -0.15) is 0 Å². The first-order valence-electron chi connectivity index (χ1n) is 6.74. The van der Waals surface area contributed by atoms with Crippen LogP contribution < -0.4 is 0 Å². The Labute approximate surface area is 105 Å². The summed E-state index contributed by atoms with van der Waals surface area (Å²) in [7, 11) is 0. The molecule has 0 N–H and O–H groups in total. The number of hydrogen-bond donors (Lipinski definition) is 0. The molecular formula is C15H26Ti. The summed E-state index contributed by atoms with van der Waals surface area (Å²) in [5.74, 6) is 0.752. The summed E-state index contributed by atoms with van der Waals surface area (Å²) in [5, 5.41) is 7.77. The number of hydrogen-bond acceptors (Lipinski definition) is 0. The minimum absolute atomic E-state index is 0.752. The molecule has 0 saturated heterocycles. The van der Waals surface area contributed by atoms with Gasteiger partial charge in [0, 0.05) is 0 Å². The standard InChI is InChI=1S/C12H17.3CH3.Ti/c1-8-9(2)11-6-4-5-7-12(11)10(8)3;;;;/h6,10H,4-5,7H2,1-3H3;3*1H3;. The summed E-state index contributed by atoms with van der Waals surface area (Å²) in [6.45, 7) is 7.14. The molecule has 0 aromatic carbocycles. The fourth-order valence-electron chi connectivity index (χ4n) is 3.62. The molecule has 2 atom stereocenters. The Morgan fingerprint density at radius 1 is 1.12 bits per heavy atom. The quantitative estimate of drug-likeness (QED) is 0.539. The van der Waals surface area contributed by atoms with Crippen LogP contribution in [0.25, 0.3) is 0 Å². The van der Waals surface area contributed by atoms with E-state index >= 15 is 0 Å². The van der Waals surface area contributed by atoms with Gasteiger partial charge in [-0.25, -0.2) is 0 Å². The van der Waals surface area contributed by atoms with Gasteiger partial charge in [-0.05, 0) is 0 Å². The molecule has 0 aromatic rings. The van der Waals surface area contributed by atoms with Gasteiger partial charge >= 0.3 is 105 Å². The monoisotopic (exact) mass is 254 g/mol. The Morgan fingerprint density at radius 3 is 2.31 bits per heavy atom. The van der Waals surface area contributed by atoms with Gasteiger partial charge in [0.05, 0.1) is 0 Å². The molecule has 0 fully saturated rings. The van der Waals surface area contributed by atoms with Crippen LogP contribution in [0, 0.1) is 5.92 Å². The van der Waals surface area contributed by atoms with E-state index in [1.165, 1.54) is 19.3 Å². The van der Waals surface area contributed by atoms with Crippen molar-refractivity contribution in [3.8, 4) is 0 Å². The first kappa shape index (κ1) is 12.6. The summed E-state index contributed by atoms with van der Waals surface area (Å²) < 4.78 is 0.976. The summed E-state index contributed by atoms with van der Waals surface area (Å²) in [5.41, 5.74) is 6.95. The van der Waals surface area contributed by atoms with Crippen molar-refractivity contribution in [1.29, 1.82) is 0 Å². The van der Waals surface area contributed by atoms with Crippen molar-refractivity contribution in [1.82, 2.24) is 0 Å². The van der Waals surface area contributed by atoms with Gasteiger partial charge < -0.3 is 0 Å². The van der Waals surface area contributed by atoms with Crippen LogP contribution >= 0.6 is 0 Å². The van der Waals surface area contributed by atoms with Gasteiger partial charge in [-0.3, -0.25) is 0 Å². The molecule has 2 unspecified atom stereocenters. The molecule has 2 rings (SSSR count). The summed E-state index contributed by atoms with van der Waals surface area (Å²) in [4.78, 5) is 0. The molecule has 0 radical (unpaired) electrons. The Bertz CT molecular complexity index is 365. The molecule has 0 nitrogen and oxygen atoms in total. The maximum atomic E-state index is 2.59. The minimum atomic E-state index is -1.55. The molecule has 0 amide bonds. The van der Waals surface area contributed by atoms with Crippen LogP contribution in [-0.2, 0) is 16.6 Å². The normalized spacial score (nSPS) is 31.1. The summed E-state index contributed by atoms with van der Waals surface area (Å²) in [6, 6.07) is 0. The van der Waals surface area contributed by atoms with Crippen molar-refractivity contribution in [2.75, 3.05) is 0 Å². The zero-order chi connectivity index (χ0) is 12.1. The third-order valence-corrected chi connectivity index (χ3v) is 9.01. The number of allylic oxidation sites excluding steroid dienone is 4. The van der Waals surface area contributed by atoms with E-state index in [1.807, 2.05) is 11.1 Å². The second-order valence-corrected chi connectivity index (χ2v) is 15.3. The van der Waals surface area contributed by atoms with E-state index in [9.17, 15) is 0 Å². The van der Waals surface area contributed by atoms with Crippen LogP contribution in [0.2, 0.25) is 19.9 Å². The van der Waals surface area contributed by atoms with Gasteiger partial charge in [0.1, 0.15) is 0 Å². The van der Waals surface area contributed by atoms with E-state index in [4.69, 9.17) is 0 Å². The first-order chi connectivity index (χ1) is 7.34. The second kappa shape index (κ2) is 4.14. The van der Waals surface area contributed by atoms with Crippen LogP contribution in [0.4, 0.5) is 0 Å². The van der Waals surface area contributed by atoms with Crippen LogP contribution in [0.5, 0.6) is 0 Å². The summed E-state index contributed by atoms with van der Waals surface area (Å²) >= 11 is -1.55. The zero-order valence-corrected chi connectivity index (χ0v) is 13.3. The first-order valence-corrected chi connectivity index (χ1v) is 12.3. The van der Waals surface area contributed by atoms with Crippen molar-refractivity contribution in [3.63, 3.8) is 0 Å². The molecule has 16 heavy (non-hydrogen) atoms. The van der Waals surface area contributed by atoms with Gasteiger partial charge in [-0.15, -0.1) is 0 Å². The average Bonchev–Trinajstić information content (AvgIpc) is 2.43. The van der Waals surface area contributed by atoms with Gasteiger partial charge in [0.15, 0.2) is 0 Å². The van der Waals surface area contributed by atoms with E-state index in [2.05, 4.69) is 36.5 Å². The van der Waals surface area contributed by atoms with Gasteiger partial charge in [0.2, 0.25) is 0 Å². The van der Waals surface area contributed by atoms with E-state index in [1.54, 1.807) is 11.1 Å². The predicted octanol–water partition coefficient (Wildman–Crippen LogP) is 5.54. The molecule has 0 bridgehead atoms. The topological polar surface area (TPSA) is 0 Å². The number of rotatable bonds is 1. The molecular weight excluding hydrogens is 228 g/mol. The zero-order valence-electron chi connectivity index (χ0n) is 11.8. The molecule has 2 aliphatic carbocycles. The van der Waals surface area contributed by atoms with E-state index in [0.29, 0.717) is 0 Å². The van der Waals surface area contributed by atoms with Gasteiger partial charge in [-0.1, -0.05) is 0 Å². The maximum absolute atomic E-state index is 2.59. The van der Waals surface area contributed by atoms with Crippen molar-refractivity contribution >= 4 is 0 Å². The Kier molecular flexibility index (Phi) is 3.27. The third kappa shape index (κ3) is 1.89. The van der Waals surface area contributed by atoms with E-state index < -0.39 is 16.6 Å². The van der Waals surface area contributed by atoms with E-state index in [-0.39, 0.29) is 0 Å². The fourth-order valence-corrected chi connectivity index (χ4v) is 7.27. The Hall–Kier alpha value is 0.194. The third-order valence-electron chi connectivity index (χ3n) is 4.85. The summed E-state index contributed by atoms with van der Waals surface area (Å²) in [6.07, 6.45) is 4.29. The Balaban J connectivity index is 2.46. The van der Waals surface area contributed by atoms with Crippen molar-refractivity contribution in [2.24, 2.45) is 5.92 Å². The van der Waals surface area contributed by atoms with Crippen LogP contribution in [0.1, 0.15) is 40.0 Å². The van der Waals surface area contributed by atoms with Gasteiger partial charge in [0.25, 0.3) is 0 Å². The molecule has 0 saturated carbocycles. The van der Waals surface area contributed by atoms with E-state index in [0.717, 1.165) is 10.1 Å². The van der Waals surface area contributed by atoms with Crippen molar-refractivity contribution in [3.05, 3.63) is 22.3 Å². The Morgan fingerprint density at radius 2 is 1.75 bits per heavy atom. The fraction of sp³-hybridized carbons (Fsp3) is 0.733. The van der Waals surface area contributed by atoms with Crippen molar-refractivity contribution < 1.29 is 16.6 Å². The van der Waals surface area contributed by atoms with Crippen molar-refractivity contribution in [2.45, 2.75) is 59.9 Å². The molecule has 90 valence electrons. The average molecular weight is 254 g/mol.